The van der Waals surface area contributed by atoms with Gasteiger partial charge in [-0.2, -0.15) is 0 Å². The molecule has 0 aliphatic carbocycles. The van der Waals surface area contributed by atoms with Crippen molar-refractivity contribution in [3.63, 3.8) is 0 Å². The van der Waals surface area contributed by atoms with Gasteiger partial charge in [-0.3, -0.25) is 4.79 Å². The van der Waals surface area contributed by atoms with Crippen LogP contribution in [0.3, 0.4) is 0 Å². The predicted octanol–water partition coefficient (Wildman–Crippen LogP) is 2.29. The Balaban J connectivity index is 1.83. The Morgan fingerprint density at radius 3 is 2.69 bits per heavy atom. The van der Waals surface area contributed by atoms with E-state index in [2.05, 4.69) is 10.6 Å². The summed E-state index contributed by atoms with van der Waals surface area (Å²) in [5.74, 6) is -0.328. The molecule has 29 heavy (non-hydrogen) atoms. The lowest BCUT2D eigenvalue weighted by Gasteiger charge is -2.48. The minimum atomic E-state index is -1.16. The second-order valence-electron chi connectivity index (χ2n) is 7.38. The number of aliphatic hydroxyl groups is 1. The Hall–Kier alpha value is -2.42. The number of hydrogen-bond donors (Lipinski definition) is 3. The van der Waals surface area contributed by atoms with Crippen LogP contribution in [-0.2, 0) is 16.1 Å². The maximum absolute atomic E-state index is 13.0. The average molecular weight is 418 g/mol. The lowest BCUT2D eigenvalue weighted by Crippen LogP contribution is -2.64. The van der Waals surface area contributed by atoms with Crippen molar-refractivity contribution in [1.29, 1.82) is 0 Å². The number of carbonyl (C=O) groups excluding carboxylic acids is 2. The van der Waals surface area contributed by atoms with Crippen LogP contribution in [0.25, 0.3) is 0 Å². The first kappa shape index (κ1) is 21.3. The number of piperidine rings is 1. The van der Waals surface area contributed by atoms with Gasteiger partial charge in [0.25, 0.3) is 0 Å². The molecule has 0 radical (unpaired) electrons. The van der Waals surface area contributed by atoms with E-state index in [-0.39, 0.29) is 18.5 Å². The third-order valence-corrected chi connectivity index (χ3v) is 6.10. The molecule has 1 aliphatic rings. The fourth-order valence-corrected chi connectivity index (χ4v) is 4.50. The largest absolute Gasteiger partial charge is 0.388 e. The molecule has 0 spiro atoms. The standard InChI is InChI=1S/C21H27N3O4S/c1-21(27)10-11-24(20(26)22-13-15-7-4-3-5-8-15)18(16-9-6-12-29-16)19(21)23-17(25)14-28-2/h3-9,12,18-19,27H,10-11,13-14H2,1-2H3,(H,22,26)(H,23,25)/t18-,19-,21+/m0/s1. The summed E-state index contributed by atoms with van der Waals surface area (Å²) in [6.45, 7) is 2.38. The highest BCUT2D eigenvalue weighted by Gasteiger charge is 2.48. The van der Waals surface area contributed by atoms with Crippen molar-refractivity contribution in [2.75, 3.05) is 20.3 Å². The number of amides is 3. The molecule has 3 N–H and O–H groups in total. The van der Waals surface area contributed by atoms with E-state index in [1.54, 1.807) is 11.8 Å². The summed E-state index contributed by atoms with van der Waals surface area (Å²) < 4.78 is 4.92. The lowest BCUT2D eigenvalue weighted by molar-refractivity contribution is -0.130. The molecule has 1 aromatic heterocycles. The summed E-state index contributed by atoms with van der Waals surface area (Å²) in [4.78, 5) is 27.9. The van der Waals surface area contributed by atoms with Crippen LogP contribution in [0.2, 0.25) is 0 Å². The molecule has 1 aromatic carbocycles. The van der Waals surface area contributed by atoms with Gasteiger partial charge in [0.1, 0.15) is 6.61 Å². The van der Waals surface area contributed by atoms with Crippen LogP contribution in [0, 0.1) is 0 Å². The van der Waals surface area contributed by atoms with Gasteiger partial charge in [0, 0.05) is 25.1 Å². The summed E-state index contributed by atoms with van der Waals surface area (Å²) in [5, 5.41) is 18.8. The number of rotatable bonds is 6. The monoisotopic (exact) mass is 417 g/mol. The molecule has 0 bridgehead atoms. The zero-order valence-corrected chi connectivity index (χ0v) is 17.4. The van der Waals surface area contributed by atoms with Crippen molar-refractivity contribution in [3.8, 4) is 0 Å². The minimum Gasteiger partial charge on any atom is -0.388 e. The molecule has 7 nitrogen and oxygen atoms in total. The lowest BCUT2D eigenvalue weighted by atomic mass is 9.82. The molecule has 3 amide bonds. The fraction of sp³-hybridized carbons (Fsp3) is 0.429. The van der Waals surface area contributed by atoms with E-state index in [1.807, 2.05) is 47.8 Å². The molecule has 156 valence electrons. The van der Waals surface area contributed by atoms with Gasteiger partial charge in [-0.1, -0.05) is 36.4 Å². The van der Waals surface area contributed by atoms with Gasteiger partial charge in [0.2, 0.25) is 5.91 Å². The summed E-state index contributed by atoms with van der Waals surface area (Å²) in [7, 11) is 1.44. The van der Waals surface area contributed by atoms with E-state index in [9.17, 15) is 14.7 Å². The highest BCUT2D eigenvalue weighted by atomic mass is 32.1. The highest BCUT2D eigenvalue weighted by molar-refractivity contribution is 7.10. The number of nitrogens with one attached hydrogen (secondary N) is 2. The number of likely N-dealkylation sites (tertiary alicyclic amines) is 1. The summed E-state index contributed by atoms with van der Waals surface area (Å²) in [6.07, 6.45) is 0.353. The normalized spacial score (nSPS) is 24.2. The first-order valence-electron chi connectivity index (χ1n) is 9.55. The van der Waals surface area contributed by atoms with Crippen LogP contribution >= 0.6 is 11.3 Å². The predicted molar refractivity (Wildman–Crippen MR) is 111 cm³/mol. The maximum Gasteiger partial charge on any atom is 0.318 e. The minimum absolute atomic E-state index is 0.107. The Labute approximate surface area is 174 Å². The van der Waals surface area contributed by atoms with Gasteiger partial charge in [-0.15, -0.1) is 11.3 Å². The van der Waals surface area contributed by atoms with E-state index in [1.165, 1.54) is 18.4 Å². The second kappa shape index (κ2) is 9.39. The number of benzene rings is 1. The van der Waals surface area contributed by atoms with Gasteiger partial charge >= 0.3 is 6.03 Å². The molecule has 1 aliphatic heterocycles. The first-order chi connectivity index (χ1) is 13.9. The van der Waals surface area contributed by atoms with Crippen LogP contribution in [0.4, 0.5) is 4.79 Å². The Morgan fingerprint density at radius 1 is 1.28 bits per heavy atom. The number of nitrogens with zero attached hydrogens (tertiary/aromatic N) is 1. The number of methoxy groups -OCH3 is 1. The number of urea groups is 1. The molecule has 2 heterocycles. The molecule has 0 unspecified atom stereocenters. The number of thiophene rings is 1. The summed E-state index contributed by atoms with van der Waals surface area (Å²) >= 11 is 1.49. The van der Waals surface area contributed by atoms with Gasteiger partial charge in [-0.25, -0.2) is 4.79 Å². The molecule has 1 fully saturated rings. The summed E-state index contributed by atoms with van der Waals surface area (Å²) in [5.41, 5.74) is -0.156. The maximum atomic E-state index is 13.0. The van der Waals surface area contributed by atoms with Crippen LogP contribution in [0.5, 0.6) is 0 Å². The van der Waals surface area contributed by atoms with Gasteiger partial charge in [0.15, 0.2) is 0 Å². The topological polar surface area (TPSA) is 90.9 Å². The van der Waals surface area contributed by atoms with E-state index in [0.717, 1.165) is 10.4 Å². The highest BCUT2D eigenvalue weighted by Crippen LogP contribution is 2.38. The quantitative estimate of drug-likeness (QED) is 0.673. The van der Waals surface area contributed by atoms with Crippen molar-refractivity contribution < 1.29 is 19.4 Å². The van der Waals surface area contributed by atoms with Gasteiger partial charge < -0.3 is 25.4 Å². The number of ether oxygens (including phenoxy) is 1. The summed E-state index contributed by atoms with van der Waals surface area (Å²) in [6, 6.07) is 12.1. The molecular formula is C21H27N3O4S. The fourth-order valence-electron chi connectivity index (χ4n) is 3.62. The van der Waals surface area contributed by atoms with Crippen molar-refractivity contribution in [2.24, 2.45) is 0 Å². The van der Waals surface area contributed by atoms with E-state index >= 15 is 0 Å². The van der Waals surface area contributed by atoms with Crippen LogP contribution in [0.1, 0.15) is 29.8 Å². The van der Waals surface area contributed by atoms with Crippen molar-refractivity contribution >= 4 is 23.3 Å². The second-order valence-corrected chi connectivity index (χ2v) is 8.36. The van der Waals surface area contributed by atoms with Crippen molar-refractivity contribution in [1.82, 2.24) is 15.5 Å². The number of hydrogen-bond acceptors (Lipinski definition) is 5. The van der Waals surface area contributed by atoms with E-state index in [0.29, 0.717) is 19.5 Å². The molecular weight excluding hydrogens is 390 g/mol. The van der Waals surface area contributed by atoms with Crippen LogP contribution in [0.15, 0.2) is 47.8 Å². The molecule has 1 saturated heterocycles. The zero-order valence-electron chi connectivity index (χ0n) is 16.6. The smallest absolute Gasteiger partial charge is 0.318 e. The van der Waals surface area contributed by atoms with Crippen LogP contribution < -0.4 is 10.6 Å². The zero-order chi connectivity index (χ0) is 20.9. The molecule has 3 atom stereocenters. The number of carbonyl (C=O) groups is 2. The molecule has 2 aromatic rings. The Morgan fingerprint density at radius 2 is 2.03 bits per heavy atom. The average Bonchev–Trinajstić information content (AvgIpc) is 3.23. The third-order valence-electron chi connectivity index (χ3n) is 5.15. The molecule has 3 rings (SSSR count). The van der Waals surface area contributed by atoms with Crippen molar-refractivity contribution in [2.45, 2.75) is 37.6 Å². The van der Waals surface area contributed by atoms with E-state index < -0.39 is 17.7 Å². The Bertz CT molecular complexity index is 811. The van der Waals surface area contributed by atoms with E-state index in [4.69, 9.17) is 4.74 Å². The molecule has 8 heteroatoms. The van der Waals surface area contributed by atoms with Gasteiger partial charge in [-0.05, 0) is 30.4 Å². The first-order valence-corrected chi connectivity index (χ1v) is 10.4. The van der Waals surface area contributed by atoms with Crippen molar-refractivity contribution in [3.05, 3.63) is 58.3 Å². The Kier molecular flexibility index (Phi) is 6.89. The van der Waals surface area contributed by atoms with Crippen LogP contribution in [-0.4, -0.2) is 53.8 Å². The SMILES string of the molecule is COCC(=O)N[C@H]1[C@H](c2cccs2)N(C(=O)NCc2ccccc2)CC[C@@]1(C)O. The molecule has 0 saturated carbocycles. The third kappa shape index (κ3) is 5.14. The van der Waals surface area contributed by atoms with Gasteiger partial charge in [0.05, 0.1) is 17.7 Å².